The summed E-state index contributed by atoms with van der Waals surface area (Å²) in [6.07, 6.45) is 3.71. The molecule has 4 atom stereocenters. The highest BCUT2D eigenvalue weighted by atomic mass is 35.5. The smallest absolute Gasteiger partial charge is 0.248 e. The van der Waals surface area contributed by atoms with Crippen molar-refractivity contribution in [1.82, 2.24) is 4.90 Å². The molecule has 8 nitrogen and oxygen atoms in total. The zero-order chi connectivity index (χ0) is 25.1. The van der Waals surface area contributed by atoms with Gasteiger partial charge < -0.3 is 15.4 Å². The fraction of sp³-hybridized carbons (Fsp3) is 0.615. The van der Waals surface area contributed by atoms with Gasteiger partial charge in [0.15, 0.2) is 5.78 Å². The van der Waals surface area contributed by atoms with Crippen LogP contribution in [0.3, 0.4) is 0 Å². The van der Waals surface area contributed by atoms with Crippen LogP contribution in [0.1, 0.15) is 61.9 Å². The number of amides is 3. The minimum Gasteiger partial charge on any atom is -0.366 e. The lowest BCUT2D eigenvalue weighted by Gasteiger charge is -2.44. The summed E-state index contributed by atoms with van der Waals surface area (Å²) in [6.45, 7) is 4.62. The number of anilines is 1. The summed E-state index contributed by atoms with van der Waals surface area (Å²) in [5.41, 5.74) is 7.50. The Morgan fingerprint density at radius 2 is 1.89 bits per heavy atom. The van der Waals surface area contributed by atoms with Crippen LogP contribution in [-0.4, -0.2) is 65.1 Å². The number of benzene rings is 1. The van der Waals surface area contributed by atoms with Gasteiger partial charge in [0.05, 0.1) is 5.38 Å². The fourth-order valence-electron chi connectivity index (χ4n) is 6.23. The molecule has 4 aliphatic rings. The maximum Gasteiger partial charge on any atom is 0.248 e. The fourth-order valence-corrected chi connectivity index (χ4v) is 6.59. The van der Waals surface area contributed by atoms with Crippen molar-refractivity contribution in [3.05, 3.63) is 29.3 Å². The summed E-state index contributed by atoms with van der Waals surface area (Å²) < 4.78 is 5.59. The lowest BCUT2D eigenvalue weighted by Crippen LogP contribution is -2.58. The Labute approximate surface area is 210 Å². The number of halogens is 1. The molecule has 2 saturated heterocycles. The minimum absolute atomic E-state index is 0.0495. The number of ketones is 1. The predicted molar refractivity (Wildman–Crippen MR) is 130 cm³/mol. The summed E-state index contributed by atoms with van der Waals surface area (Å²) >= 11 is 6.49. The van der Waals surface area contributed by atoms with Crippen LogP contribution in [0.25, 0.3) is 0 Å². The second-order valence-electron chi connectivity index (χ2n) is 11.1. The third-order valence-corrected chi connectivity index (χ3v) is 8.65. The maximum atomic E-state index is 14.3. The van der Waals surface area contributed by atoms with Crippen LogP contribution in [0.2, 0.25) is 0 Å². The SMILES string of the molecule is CC1(C)CCC([C@@H](C(=O)N2C[C@H](Cl)[C@H]3OCC(=O)[C@H]32)N2C(=O)CCc3cc(C(N)=O)ccc32)CC1. The number of ether oxygens (including phenoxy) is 1. The lowest BCUT2D eigenvalue weighted by atomic mass is 9.70. The summed E-state index contributed by atoms with van der Waals surface area (Å²) in [6, 6.07) is 3.60. The first kappa shape index (κ1) is 24.3. The van der Waals surface area contributed by atoms with E-state index in [0.29, 0.717) is 17.7 Å². The zero-order valence-electron chi connectivity index (χ0n) is 20.2. The van der Waals surface area contributed by atoms with Crippen molar-refractivity contribution < 1.29 is 23.9 Å². The van der Waals surface area contributed by atoms with Crippen molar-refractivity contribution in [2.24, 2.45) is 17.1 Å². The quantitative estimate of drug-likeness (QED) is 0.637. The number of hydrogen-bond acceptors (Lipinski definition) is 5. The van der Waals surface area contributed by atoms with Crippen molar-refractivity contribution in [3.8, 4) is 0 Å². The van der Waals surface area contributed by atoms with E-state index in [4.69, 9.17) is 22.1 Å². The lowest BCUT2D eigenvalue weighted by molar-refractivity contribution is -0.140. The molecular weight excluding hydrogens is 470 g/mol. The monoisotopic (exact) mass is 501 g/mol. The van der Waals surface area contributed by atoms with Crippen LogP contribution in [-0.2, 0) is 25.5 Å². The van der Waals surface area contributed by atoms with Gasteiger partial charge >= 0.3 is 0 Å². The van der Waals surface area contributed by atoms with E-state index in [1.807, 2.05) is 0 Å². The van der Waals surface area contributed by atoms with E-state index >= 15 is 0 Å². The number of fused-ring (bicyclic) bond motifs is 2. The van der Waals surface area contributed by atoms with E-state index in [-0.39, 0.29) is 48.5 Å². The minimum atomic E-state index is -0.743. The molecule has 35 heavy (non-hydrogen) atoms. The van der Waals surface area contributed by atoms with Crippen LogP contribution in [0.4, 0.5) is 5.69 Å². The molecule has 1 aromatic carbocycles. The molecule has 1 aromatic rings. The van der Waals surface area contributed by atoms with Gasteiger partial charge in [-0.3, -0.25) is 24.1 Å². The molecular formula is C26H32ClN3O5. The molecule has 0 spiro atoms. The normalized spacial score (nSPS) is 29.2. The molecule has 5 rings (SSSR count). The number of carbonyl (C=O) groups is 4. The second-order valence-corrected chi connectivity index (χ2v) is 11.7. The number of alkyl halides is 1. The highest BCUT2D eigenvalue weighted by Crippen LogP contribution is 2.43. The van der Waals surface area contributed by atoms with Gasteiger partial charge in [-0.05, 0) is 67.2 Å². The van der Waals surface area contributed by atoms with E-state index in [1.165, 1.54) is 0 Å². The number of nitrogens with two attached hydrogens (primary N) is 1. The van der Waals surface area contributed by atoms with Crippen molar-refractivity contribution in [3.63, 3.8) is 0 Å². The molecule has 1 saturated carbocycles. The number of Topliss-reactive ketones (excluding diaryl/α,β-unsaturated/α-hetero) is 1. The van der Waals surface area contributed by atoms with E-state index in [2.05, 4.69) is 13.8 Å². The molecule has 1 aliphatic carbocycles. The number of hydrogen-bond donors (Lipinski definition) is 1. The Bertz CT molecular complexity index is 1080. The van der Waals surface area contributed by atoms with E-state index in [1.54, 1.807) is 28.0 Å². The number of nitrogens with zero attached hydrogens (tertiary/aromatic N) is 2. The topological polar surface area (TPSA) is 110 Å². The molecule has 3 amide bonds. The number of likely N-dealkylation sites (tertiary alicyclic amines) is 1. The number of primary amides is 1. The highest BCUT2D eigenvalue weighted by Gasteiger charge is 2.54. The van der Waals surface area contributed by atoms with Gasteiger partial charge in [0.1, 0.15) is 24.8 Å². The average molecular weight is 502 g/mol. The van der Waals surface area contributed by atoms with E-state index < -0.39 is 29.5 Å². The van der Waals surface area contributed by atoms with Gasteiger partial charge in [-0.2, -0.15) is 0 Å². The zero-order valence-corrected chi connectivity index (χ0v) is 20.9. The van der Waals surface area contributed by atoms with Gasteiger partial charge in [-0.1, -0.05) is 13.8 Å². The third kappa shape index (κ3) is 4.25. The van der Waals surface area contributed by atoms with E-state index in [0.717, 1.165) is 31.2 Å². The predicted octanol–water partition coefficient (Wildman–Crippen LogP) is 2.44. The van der Waals surface area contributed by atoms with Crippen molar-refractivity contribution in [2.45, 2.75) is 75.9 Å². The molecule has 3 heterocycles. The molecule has 3 aliphatic heterocycles. The Hall–Kier alpha value is -2.45. The number of aryl methyl sites for hydroxylation is 1. The Morgan fingerprint density at radius 1 is 1.17 bits per heavy atom. The summed E-state index contributed by atoms with van der Waals surface area (Å²) in [5.74, 6) is -1.10. The Morgan fingerprint density at radius 3 is 2.57 bits per heavy atom. The maximum absolute atomic E-state index is 14.3. The molecule has 0 unspecified atom stereocenters. The first-order chi connectivity index (χ1) is 16.6. The molecule has 0 radical (unpaired) electrons. The molecule has 9 heteroatoms. The molecule has 0 aromatic heterocycles. The van der Waals surface area contributed by atoms with E-state index in [9.17, 15) is 19.2 Å². The van der Waals surface area contributed by atoms with Crippen molar-refractivity contribution >= 4 is 40.8 Å². The number of carbonyl (C=O) groups excluding carboxylic acids is 4. The number of rotatable bonds is 4. The third-order valence-electron chi connectivity index (χ3n) is 8.27. The van der Waals surface area contributed by atoms with Crippen LogP contribution in [0.5, 0.6) is 0 Å². The first-order valence-corrected chi connectivity index (χ1v) is 12.8. The molecule has 0 bridgehead atoms. The summed E-state index contributed by atoms with van der Waals surface area (Å²) in [4.78, 5) is 55.2. The molecule has 188 valence electrons. The summed E-state index contributed by atoms with van der Waals surface area (Å²) in [7, 11) is 0. The van der Waals surface area contributed by atoms with Crippen LogP contribution in [0, 0.1) is 11.3 Å². The molecule has 2 N–H and O–H groups in total. The first-order valence-electron chi connectivity index (χ1n) is 12.4. The van der Waals surface area contributed by atoms with Crippen LogP contribution < -0.4 is 10.6 Å². The standard InChI is InChI=1S/C26H32ClN3O5/c1-26(2)9-7-14(8-10-26)21(25(34)29-12-17(27)23-22(29)19(31)13-35-23)30-18-5-3-16(24(28)33)11-15(18)4-6-20(30)32/h3,5,11,14,17,21-23H,4,6-10,12-13H2,1-2H3,(H2,28,33)/t17-,21-,22+,23+/m0/s1. The summed E-state index contributed by atoms with van der Waals surface area (Å²) in [5, 5.41) is -0.469. The van der Waals surface area contributed by atoms with Crippen molar-refractivity contribution in [1.29, 1.82) is 0 Å². The highest BCUT2D eigenvalue weighted by molar-refractivity contribution is 6.22. The van der Waals surface area contributed by atoms with Gasteiger partial charge in [-0.15, -0.1) is 11.6 Å². The van der Waals surface area contributed by atoms with Gasteiger partial charge in [0.2, 0.25) is 17.7 Å². The molecule has 3 fully saturated rings. The Kier molecular flexibility index (Phi) is 6.16. The largest absolute Gasteiger partial charge is 0.366 e. The Balaban J connectivity index is 1.55. The van der Waals surface area contributed by atoms with Gasteiger partial charge in [-0.25, -0.2) is 0 Å². The van der Waals surface area contributed by atoms with Gasteiger partial charge in [0, 0.05) is 24.2 Å². The average Bonchev–Trinajstić information content (AvgIpc) is 3.36. The van der Waals surface area contributed by atoms with Crippen molar-refractivity contribution in [2.75, 3.05) is 18.1 Å². The van der Waals surface area contributed by atoms with Crippen LogP contribution in [0.15, 0.2) is 18.2 Å². The van der Waals surface area contributed by atoms with Gasteiger partial charge in [0.25, 0.3) is 0 Å². The van der Waals surface area contributed by atoms with Crippen LogP contribution >= 0.6 is 11.6 Å². The second kappa shape index (κ2) is 8.89.